The Morgan fingerprint density at radius 2 is 1.83 bits per heavy atom. The van der Waals surface area contributed by atoms with Gasteiger partial charge in [0.25, 0.3) is 17.4 Å². The molecule has 30 heavy (non-hydrogen) atoms. The van der Waals surface area contributed by atoms with E-state index in [0.29, 0.717) is 16.5 Å². The van der Waals surface area contributed by atoms with Crippen LogP contribution in [0.3, 0.4) is 0 Å². The topological polar surface area (TPSA) is 96.0 Å². The zero-order valence-electron chi connectivity index (χ0n) is 15.9. The van der Waals surface area contributed by atoms with Gasteiger partial charge in [0.15, 0.2) is 4.77 Å². The molecule has 154 valence electrons. The van der Waals surface area contributed by atoms with E-state index in [-0.39, 0.29) is 41.4 Å². The summed E-state index contributed by atoms with van der Waals surface area (Å²) in [6, 6.07) is 10.3. The Morgan fingerprint density at radius 1 is 1.13 bits per heavy atom. The lowest BCUT2D eigenvalue weighted by molar-refractivity contribution is 0.0925. The molecule has 1 heterocycles. The molecular formula is C21H19FN4O3S. The Balaban J connectivity index is 1.64. The second-order valence-electron chi connectivity index (χ2n) is 6.39. The van der Waals surface area contributed by atoms with Gasteiger partial charge in [-0.25, -0.2) is 4.39 Å². The quantitative estimate of drug-likeness (QED) is 0.307. The molecule has 3 N–H and O–H groups in total. The third kappa shape index (κ3) is 4.52. The number of H-pyrrole nitrogens is 1. The predicted octanol–water partition coefficient (Wildman–Crippen LogP) is 2.54. The van der Waals surface area contributed by atoms with Crippen LogP contribution in [0.4, 0.5) is 4.39 Å². The maximum atomic E-state index is 13.6. The van der Waals surface area contributed by atoms with Crippen LogP contribution in [0.25, 0.3) is 10.9 Å². The van der Waals surface area contributed by atoms with Crippen molar-refractivity contribution in [2.24, 2.45) is 0 Å². The fraction of sp³-hybridized carbons (Fsp3) is 0.143. The van der Waals surface area contributed by atoms with Crippen molar-refractivity contribution in [1.82, 2.24) is 20.2 Å². The number of rotatable bonds is 7. The number of halogens is 1. The van der Waals surface area contributed by atoms with Crippen LogP contribution in [0.15, 0.2) is 59.9 Å². The molecule has 0 fully saturated rings. The number of amides is 2. The predicted molar refractivity (Wildman–Crippen MR) is 115 cm³/mol. The Labute approximate surface area is 176 Å². The van der Waals surface area contributed by atoms with Gasteiger partial charge in [-0.1, -0.05) is 18.2 Å². The molecule has 1 aromatic heterocycles. The summed E-state index contributed by atoms with van der Waals surface area (Å²) in [6.07, 6.45) is 1.57. The van der Waals surface area contributed by atoms with Gasteiger partial charge in [0, 0.05) is 25.2 Å². The molecule has 2 amide bonds. The average Bonchev–Trinajstić information content (AvgIpc) is 2.73. The third-order valence-electron chi connectivity index (χ3n) is 4.37. The largest absolute Gasteiger partial charge is 0.350 e. The van der Waals surface area contributed by atoms with E-state index in [4.69, 9.17) is 12.2 Å². The van der Waals surface area contributed by atoms with E-state index in [1.165, 1.54) is 34.9 Å². The highest BCUT2D eigenvalue weighted by Gasteiger charge is 2.12. The van der Waals surface area contributed by atoms with Crippen LogP contribution in [-0.4, -0.2) is 34.5 Å². The van der Waals surface area contributed by atoms with Crippen molar-refractivity contribution in [2.45, 2.75) is 6.54 Å². The number of hydrogen-bond donors (Lipinski definition) is 3. The zero-order valence-corrected chi connectivity index (χ0v) is 16.7. The second-order valence-corrected chi connectivity index (χ2v) is 6.77. The van der Waals surface area contributed by atoms with Crippen LogP contribution in [0, 0.1) is 10.6 Å². The van der Waals surface area contributed by atoms with Gasteiger partial charge < -0.3 is 15.6 Å². The maximum absolute atomic E-state index is 13.6. The minimum atomic E-state index is -0.611. The summed E-state index contributed by atoms with van der Waals surface area (Å²) in [5.74, 6) is -1.55. The highest BCUT2D eigenvalue weighted by Crippen LogP contribution is 2.11. The Morgan fingerprint density at radius 3 is 2.53 bits per heavy atom. The third-order valence-corrected chi connectivity index (χ3v) is 4.69. The molecule has 3 rings (SSSR count). The van der Waals surface area contributed by atoms with Crippen LogP contribution in [-0.2, 0) is 6.54 Å². The summed E-state index contributed by atoms with van der Waals surface area (Å²) >= 11 is 5.19. The molecule has 3 aromatic rings. The van der Waals surface area contributed by atoms with Gasteiger partial charge in [0.05, 0.1) is 16.5 Å². The first kappa shape index (κ1) is 21.1. The summed E-state index contributed by atoms with van der Waals surface area (Å²) in [6.45, 7) is 4.16. The van der Waals surface area contributed by atoms with Gasteiger partial charge in [-0.2, -0.15) is 0 Å². The monoisotopic (exact) mass is 426 g/mol. The minimum Gasteiger partial charge on any atom is -0.350 e. The minimum absolute atomic E-state index is 0.0595. The molecule has 7 nitrogen and oxygen atoms in total. The molecule has 0 radical (unpaired) electrons. The SMILES string of the molecule is C=CCn1c(=S)[nH]c2cc(C(=O)NCCNC(=O)c3ccccc3F)ccc2c1=O. The second kappa shape index (κ2) is 9.27. The number of hydrogen-bond acceptors (Lipinski definition) is 4. The van der Waals surface area contributed by atoms with Crippen molar-refractivity contribution in [2.75, 3.05) is 13.1 Å². The summed E-state index contributed by atoms with van der Waals surface area (Å²) in [7, 11) is 0. The molecular weight excluding hydrogens is 407 g/mol. The zero-order chi connectivity index (χ0) is 21.7. The number of nitrogens with zero attached hydrogens (tertiary/aromatic N) is 1. The smallest absolute Gasteiger partial charge is 0.262 e. The molecule has 0 atom stereocenters. The van der Waals surface area contributed by atoms with E-state index in [1.807, 2.05) is 0 Å². The molecule has 0 unspecified atom stereocenters. The van der Waals surface area contributed by atoms with E-state index in [9.17, 15) is 18.8 Å². The Kier molecular flexibility index (Phi) is 6.53. The van der Waals surface area contributed by atoms with Crippen LogP contribution < -0.4 is 16.2 Å². The number of aromatic nitrogens is 2. The van der Waals surface area contributed by atoms with Crippen LogP contribution >= 0.6 is 12.2 Å². The number of carbonyl (C=O) groups excluding carboxylic acids is 2. The molecule has 2 aromatic carbocycles. The van der Waals surface area contributed by atoms with Crippen molar-refractivity contribution in [1.29, 1.82) is 0 Å². The Bertz CT molecular complexity index is 1250. The molecule has 0 aliphatic rings. The first-order valence-electron chi connectivity index (χ1n) is 9.11. The van der Waals surface area contributed by atoms with E-state index >= 15 is 0 Å². The summed E-state index contributed by atoms with van der Waals surface area (Å²) in [5.41, 5.74) is 0.451. The average molecular weight is 426 g/mol. The summed E-state index contributed by atoms with van der Waals surface area (Å²) < 4.78 is 15.2. The fourth-order valence-electron chi connectivity index (χ4n) is 2.89. The van der Waals surface area contributed by atoms with Crippen molar-refractivity contribution >= 4 is 34.9 Å². The number of benzene rings is 2. The molecule has 0 bridgehead atoms. The molecule has 0 aliphatic carbocycles. The van der Waals surface area contributed by atoms with Crippen molar-refractivity contribution in [3.8, 4) is 0 Å². The number of aromatic amines is 1. The van der Waals surface area contributed by atoms with Gasteiger partial charge >= 0.3 is 0 Å². The van der Waals surface area contributed by atoms with Crippen LogP contribution in [0.5, 0.6) is 0 Å². The van der Waals surface area contributed by atoms with Crippen LogP contribution in [0.1, 0.15) is 20.7 Å². The molecule has 0 aliphatic heterocycles. The number of nitrogens with one attached hydrogen (secondary N) is 3. The van der Waals surface area contributed by atoms with E-state index in [0.717, 1.165) is 0 Å². The van der Waals surface area contributed by atoms with Crippen molar-refractivity contribution in [3.05, 3.63) is 87.2 Å². The highest BCUT2D eigenvalue weighted by molar-refractivity contribution is 7.71. The van der Waals surface area contributed by atoms with Gasteiger partial charge in [0.2, 0.25) is 0 Å². The van der Waals surface area contributed by atoms with Crippen molar-refractivity contribution < 1.29 is 14.0 Å². The van der Waals surface area contributed by atoms with Gasteiger partial charge in [-0.15, -0.1) is 6.58 Å². The maximum Gasteiger partial charge on any atom is 0.262 e. The lowest BCUT2D eigenvalue weighted by Crippen LogP contribution is -2.35. The normalized spacial score (nSPS) is 10.6. The summed E-state index contributed by atoms with van der Waals surface area (Å²) in [4.78, 5) is 39.8. The van der Waals surface area contributed by atoms with Gasteiger partial charge in [0.1, 0.15) is 5.82 Å². The van der Waals surface area contributed by atoms with Gasteiger partial charge in [-0.3, -0.25) is 19.0 Å². The first-order chi connectivity index (χ1) is 14.4. The molecule has 0 saturated carbocycles. The molecule has 0 spiro atoms. The lowest BCUT2D eigenvalue weighted by atomic mass is 10.1. The molecule has 9 heteroatoms. The lowest BCUT2D eigenvalue weighted by Gasteiger charge is -2.09. The summed E-state index contributed by atoms with van der Waals surface area (Å²) in [5, 5.41) is 5.61. The van der Waals surface area contributed by atoms with Gasteiger partial charge in [-0.05, 0) is 42.5 Å². The highest BCUT2D eigenvalue weighted by atomic mass is 32.1. The molecule has 0 saturated heterocycles. The fourth-order valence-corrected chi connectivity index (χ4v) is 3.15. The van der Waals surface area contributed by atoms with E-state index in [1.54, 1.807) is 18.2 Å². The number of allylic oxidation sites excluding steroid dienone is 1. The number of fused-ring (bicyclic) bond motifs is 1. The number of carbonyl (C=O) groups is 2. The van der Waals surface area contributed by atoms with E-state index in [2.05, 4.69) is 22.2 Å². The van der Waals surface area contributed by atoms with Crippen molar-refractivity contribution in [3.63, 3.8) is 0 Å². The first-order valence-corrected chi connectivity index (χ1v) is 9.52. The standard InChI is InChI=1S/C21H19FN4O3S/c1-2-11-26-20(29)15-8-7-13(12-17(15)25-21(26)30)18(27)23-9-10-24-19(28)14-5-3-4-6-16(14)22/h2-8,12H,1,9-11H2,(H,23,27)(H,24,28)(H,25,30). The van der Waals surface area contributed by atoms with Crippen LogP contribution in [0.2, 0.25) is 0 Å². The Hall–Kier alpha value is -3.59. The van der Waals surface area contributed by atoms with E-state index < -0.39 is 11.7 Å².